The summed E-state index contributed by atoms with van der Waals surface area (Å²) in [6, 6.07) is 14.0. The summed E-state index contributed by atoms with van der Waals surface area (Å²) in [6.45, 7) is 0.195. The molecule has 5 aromatic rings. The molecule has 0 spiro atoms. The van der Waals surface area contributed by atoms with Crippen molar-refractivity contribution < 1.29 is 9.13 Å². The van der Waals surface area contributed by atoms with Crippen LogP contribution < -0.4 is 4.74 Å². The molecule has 0 atom stereocenters. The van der Waals surface area contributed by atoms with Crippen LogP contribution in [0.1, 0.15) is 5.82 Å². The Morgan fingerprint density at radius 1 is 1.07 bits per heavy atom. The molecule has 0 bridgehead atoms. The molecule has 0 amide bonds. The lowest BCUT2D eigenvalue weighted by atomic mass is 10.1. The zero-order chi connectivity index (χ0) is 19.1. The lowest BCUT2D eigenvalue weighted by Gasteiger charge is -2.09. The SMILES string of the molecule is Cn1ncnc1COc1nc2c(-c3ccccc3F)nnn2c2ccccc12. The van der Waals surface area contributed by atoms with Crippen molar-refractivity contribution in [2.75, 3.05) is 0 Å². The lowest BCUT2D eigenvalue weighted by Crippen LogP contribution is -2.06. The summed E-state index contributed by atoms with van der Waals surface area (Å²) in [5.41, 5.74) is 1.86. The van der Waals surface area contributed by atoms with Gasteiger partial charge < -0.3 is 4.74 Å². The number of hydrogen-bond donors (Lipinski definition) is 0. The molecule has 0 unspecified atom stereocenters. The van der Waals surface area contributed by atoms with Gasteiger partial charge in [-0.05, 0) is 24.3 Å². The predicted octanol–water partition coefficient (Wildman–Crippen LogP) is 2.79. The largest absolute Gasteiger partial charge is 0.469 e. The van der Waals surface area contributed by atoms with E-state index in [1.165, 1.54) is 12.4 Å². The van der Waals surface area contributed by atoms with Gasteiger partial charge in [0.1, 0.15) is 24.4 Å². The van der Waals surface area contributed by atoms with Gasteiger partial charge in [-0.1, -0.05) is 29.5 Å². The molecule has 0 N–H and O–H groups in total. The monoisotopic (exact) mass is 375 g/mol. The smallest absolute Gasteiger partial charge is 0.225 e. The maximum absolute atomic E-state index is 14.3. The van der Waals surface area contributed by atoms with Crippen LogP contribution in [0.4, 0.5) is 4.39 Å². The molecule has 3 heterocycles. The van der Waals surface area contributed by atoms with E-state index in [4.69, 9.17) is 4.74 Å². The Kier molecular flexibility index (Phi) is 3.71. The third-order valence-electron chi connectivity index (χ3n) is 4.49. The number of para-hydroxylation sites is 1. The van der Waals surface area contributed by atoms with Crippen LogP contribution >= 0.6 is 0 Å². The minimum Gasteiger partial charge on any atom is -0.469 e. The topological polar surface area (TPSA) is 83.0 Å². The Morgan fingerprint density at radius 2 is 1.89 bits per heavy atom. The van der Waals surface area contributed by atoms with Crippen molar-refractivity contribution in [3.05, 3.63) is 66.5 Å². The number of aryl methyl sites for hydroxylation is 1. The van der Waals surface area contributed by atoms with E-state index in [-0.39, 0.29) is 12.4 Å². The van der Waals surface area contributed by atoms with Crippen LogP contribution in [0, 0.1) is 5.82 Å². The van der Waals surface area contributed by atoms with Gasteiger partial charge in [0, 0.05) is 12.6 Å². The summed E-state index contributed by atoms with van der Waals surface area (Å²) in [4.78, 5) is 8.76. The van der Waals surface area contributed by atoms with Gasteiger partial charge >= 0.3 is 0 Å². The maximum Gasteiger partial charge on any atom is 0.225 e. The van der Waals surface area contributed by atoms with Gasteiger partial charge in [0.05, 0.1) is 10.9 Å². The van der Waals surface area contributed by atoms with E-state index in [1.54, 1.807) is 34.4 Å². The zero-order valence-corrected chi connectivity index (χ0v) is 14.8. The normalized spacial score (nSPS) is 11.4. The number of ether oxygens (including phenoxy) is 1. The number of benzene rings is 2. The fourth-order valence-electron chi connectivity index (χ4n) is 3.06. The molecule has 28 heavy (non-hydrogen) atoms. The highest BCUT2D eigenvalue weighted by atomic mass is 19.1. The first kappa shape index (κ1) is 16.3. The van der Waals surface area contributed by atoms with E-state index in [9.17, 15) is 4.39 Å². The second-order valence-electron chi connectivity index (χ2n) is 6.18. The third kappa shape index (κ3) is 2.56. The molecular weight excluding hydrogens is 361 g/mol. The van der Waals surface area contributed by atoms with Crippen molar-refractivity contribution in [1.29, 1.82) is 0 Å². The van der Waals surface area contributed by atoms with Crippen LogP contribution in [0.2, 0.25) is 0 Å². The Bertz CT molecular complexity index is 1310. The van der Waals surface area contributed by atoms with Crippen LogP contribution in [0.3, 0.4) is 0 Å². The van der Waals surface area contributed by atoms with Crippen LogP contribution in [0.15, 0.2) is 54.9 Å². The van der Waals surface area contributed by atoms with Gasteiger partial charge in [-0.2, -0.15) is 14.6 Å². The molecule has 0 aliphatic carbocycles. The number of fused-ring (bicyclic) bond motifs is 3. The second kappa shape index (κ2) is 6.38. The third-order valence-corrected chi connectivity index (χ3v) is 4.49. The molecule has 2 aromatic carbocycles. The second-order valence-corrected chi connectivity index (χ2v) is 6.18. The van der Waals surface area contributed by atoms with Gasteiger partial charge in [-0.3, -0.25) is 4.68 Å². The van der Waals surface area contributed by atoms with Crippen molar-refractivity contribution in [2.24, 2.45) is 7.05 Å². The summed E-state index contributed by atoms with van der Waals surface area (Å²) in [5.74, 6) is 0.666. The standard InChI is InChI=1S/C19H14FN7O/c1-26-16(21-11-22-26)10-28-19-13-7-3-5-9-15(13)27-18(23-19)17(24-25-27)12-6-2-4-8-14(12)20/h2-9,11H,10H2,1H3. The van der Waals surface area contributed by atoms with Crippen molar-refractivity contribution in [3.8, 4) is 17.1 Å². The molecular formula is C19H14FN7O. The van der Waals surface area contributed by atoms with E-state index in [2.05, 4.69) is 25.4 Å². The van der Waals surface area contributed by atoms with Crippen molar-refractivity contribution in [3.63, 3.8) is 0 Å². The Labute approximate surface area is 158 Å². The van der Waals surface area contributed by atoms with E-state index >= 15 is 0 Å². The summed E-state index contributed by atoms with van der Waals surface area (Å²) in [7, 11) is 1.79. The maximum atomic E-state index is 14.3. The van der Waals surface area contributed by atoms with E-state index in [0.29, 0.717) is 28.6 Å². The quantitative estimate of drug-likeness (QED) is 0.480. The highest BCUT2D eigenvalue weighted by Gasteiger charge is 2.18. The van der Waals surface area contributed by atoms with Gasteiger partial charge in [-0.25, -0.2) is 9.37 Å². The summed E-state index contributed by atoms with van der Waals surface area (Å²) in [6.07, 6.45) is 1.46. The molecule has 0 saturated heterocycles. The molecule has 0 aliphatic rings. The average molecular weight is 375 g/mol. The van der Waals surface area contributed by atoms with Gasteiger partial charge in [0.25, 0.3) is 0 Å². The van der Waals surface area contributed by atoms with E-state index in [0.717, 1.165) is 10.9 Å². The summed E-state index contributed by atoms with van der Waals surface area (Å²) < 4.78 is 23.5. The predicted molar refractivity (Wildman–Crippen MR) is 99.0 cm³/mol. The Hall–Kier alpha value is -3.88. The zero-order valence-electron chi connectivity index (χ0n) is 14.8. The molecule has 0 radical (unpaired) electrons. The fourth-order valence-corrected chi connectivity index (χ4v) is 3.06. The van der Waals surface area contributed by atoms with Crippen LogP contribution in [0.25, 0.3) is 27.8 Å². The van der Waals surface area contributed by atoms with Crippen LogP contribution in [-0.4, -0.2) is 34.6 Å². The average Bonchev–Trinajstić information content (AvgIpc) is 3.32. The van der Waals surface area contributed by atoms with Crippen molar-refractivity contribution in [1.82, 2.24) is 34.6 Å². The number of hydrogen-bond acceptors (Lipinski definition) is 6. The first-order chi connectivity index (χ1) is 13.7. The lowest BCUT2D eigenvalue weighted by molar-refractivity contribution is 0.283. The van der Waals surface area contributed by atoms with E-state index in [1.807, 2.05) is 24.3 Å². The number of rotatable bonds is 4. The molecule has 138 valence electrons. The van der Waals surface area contributed by atoms with Gasteiger partial charge in [0.15, 0.2) is 11.5 Å². The minimum atomic E-state index is -0.388. The van der Waals surface area contributed by atoms with Crippen LogP contribution in [-0.2, 0) is 13.7 Å². The van der Waals surface area contributed by atoms with Crippen molar-refractivity contribution in [2.45, 2.75) is 6.61 Å². The van der Waals surface area contributed by atoms with Gasteiger partial charge in [0.2, 0.25) is 5.88 Å². The number of nitrogens with zero attached hydrogens (tertiary/aromatic N) is 7. The fraction of sp³-hybridized carbons (Fsp3) is 0.105. The highest BCUT2D eigenvalue weighted by Crippen LogP contribution is 2.30. The summed E-state index contributed by atoms with van der Waals surface area (Å²) in [5, 5.41) is 13.2. The molecule has 0 saturated carbocycles. The first-order valence-electron chi connectivity index (χ1n) is 8.57. The molecule has 9 heteroatoms. The van der Waals surface area contributed by atoms with Crippen molar-refractivity contribution >= 4 is 16.6 Å². The highest BCUT2D eigenvalue weighted by molar-refractivity contribution is 5.88. The van der Waals surface area contributed by atoms with Gasteiger partial charge in [-0.15, -0.1) is 5.10 Å². The molecule has 0 fully saturated rings. The molecule has 8 nitrogen and oxygen atoms in total. The Morgan fingerprint density at radius 3 is 2.71 bits per heavy atom. The van der Waals surface area contributed by atoms with Crippen LogP contribution in [0.5, 0.6) is 5.88 Å². The number of aromatic nitrogens is 7. The van der Waals surface area contributed by atoms with E-state index < -0.39 is 0 Å². The minimum absolute atomic E-state index is 0.195. The molecule has 5 rings (SSSR count). The Balaban J connectivity index is 1.69. The summed E-state index contributed by atoms with van der Waals surface area (Å²) >= 11 is 0. The number of halogens is 1. The first-order valence-corrected chi connectivity index (χ1v) is 8.57. The molecule has 0 aliphatic heterocycles. The molecule has 3 aromatic heterocycles.